The van der Waals surface area contributed by atoms with Crippen LogP contribution < -0.4 is 10.5 Å². The van der Waals surface area contributed by atoms with Crippen molar-refractivity contribution in [3.8, 4) is 0 Å². The van der Waals surface area contributed by atoms with Crippen LogP contribution in [0.1, 0.15) is 18.1 Å². The number of nitrogens with one attached hydrogen (secondary N) is 1. The van der Waals surface area contributed by atoms with E-state index in [1.54, 1.807) is 32.9 Å². The number of anilines is 1. The van der Waals surface area contributed by atoms with Crippen LogP contribution >= 0.6 is 0 Å². The molecule has 19 heavy (non-hydrogen) atoms. The maximum absolute atomic E-state index is 12.2. The van der Waals surface area contributed by atoms with Gasteiger partial charge in [-0.1, -0.05) is 6.07 Å². The van der Waals surface area contributed by atoms with Crippen molar-refractivity contribution < 1.29 is 17.9 Å². The third kappa shape index (κ3) is 3.68. The molecule has 1 rings (SSSR count). The van der Waals surface area contributed by atoms with Crippen LogP contribution in [-0.4, -0.2) is 27.5 Å². The molecule has 0 bridgehead atoms. The number of aryl methyl sites for hydroxylation is 1. The molecule has 0 atom stereocenters. The van der Waals surface area contributed by atoms with Crippen LogP contribution in [0.15, 0.2) is 17.0 Å². The van der Waals surface area contributed by atoms with E-state index < -0.39 is 22.5 Å². The molecule has 0 aliphatic heterocycles. The lowest BCUT2D eigenvalue weighted by Gasteiger charge is -2.13. The summed E-state index contributed by atoms with van der Waals surface area (Å²) in [5.74, 6) is -0.620. The second kappa shape index (κ2) is 6.03. The van der Waals surface area contributed by atoms with Crippen molar-refractivity contribution in [2.45, 2.75) is 25.7 Å². The Labute approximate surface area is 113 Å². The van der Waals surface area contributed by atoms with Crippen LogP contribution in [0.2, 0.25) is 0 Å². The Morgan fingerprint density at radius 3 is 2.58 bits per heavy atom. The molecular formula is C12H18N2O4S. The van der Waals surface area contributed by atoms with Gasteiger partial charge in [0.1, 0.15) is 6.54 Å². The van der Waals surface area contributed by atoms with Crippen LogP contribution in [0.4, 0.5) is 5.69 Å². The number of hydrogen-bond acceptors (Lipinski definition) is 5. The van der Waals surface area contributed by atoms with Gasteiger partial charge in [-0.15, -0.1) is 0 Å². The molecule has 6 nitrogen and oxygen atoms in total. The summed E-state index contributed by atoms with van der Waals surface area (Å²) in [6, 6.07) is 3.27. The first-order valence-corrected chi connectivity index (χ1v) is 7.29. The number of carbonyl (C=O) groups is 1. The molecule has 0 saturated heterocycles. The molecule has 0 unspecified atom stereocenters. The molecule has 0 radical (unpaired) electrons. The minimum absolute atomic E-state index is 0.108. The van der Waals surface area contributed by atoms with Gasteiger partial charge < -0.3 is 10.5 Å². The highest BCUT2D eigenvalue weighted by atomic mass is 32.2. The molecule has 0 spiro atoms. The van der Waals surface area contributed by atoms with Crippen molar-refractivity contribution in [3.05, 3.63) is 23.3 Å². The summed E-state index contributed by atoms with van der Waals surface area (Å²) in [4.78, 5) is 11.3. The molecule has 0 aliphatic rings. The van der Waals surface area contributed by atoms with Gasteiger partial charge in [-0.25, -0.2) is 8.42 Å². The molecule has 0 aromatic heterocycles. The Hall–Kier alpha value is -1.60. The number of nitrogens with two attached hydrogens (primary N) is 1. The van der Waals surface area contributed by atoms with Gasteiger partial charge in [-0.2, -0.15) is 4.72 Å². The first kappa shape index (κ1) is 15.5. The predicted octanol–water partition coefficient (Wildman–Crippen LogP) is 0.727. The highest BCUT2D eigenvalue weighted by Gasteiger charge is 2.21. The van der Waals surface area contributed by atoms with E-state index in [1.807, 2.05) is 0 Å². The average Bonchev–Trinajstić information content (AvgIpc) is 2.32. The summed E-state index contributed by atoms with van der Waals surface area (Å²) in [7, 11) is -3.79. The fourth-order valence-corrected chi connectivity index (χ4v) is 3.16. The van der Waals surface area contributed by atoms with E-state index in [-0.39, 0.29) is 11.5 Å². The van der Waals surface area contributed by atoms with Crippen LogP contribution in [0.3, 0.4) is 0 Å². The van der Waals surface area contributed by atoms with Crippen molar-refractivity contribution in [2.75, 3.05) is 18.9 Å². The Morgan fingerprint density at radius 1 is 1.37 bits per heavy atom. The molecule has 1 aromatic rings. The zero-order valence-corrected chi connectivity index (χ0v) is 12.0. The summed E-state index contributed by atoms with van der Waals surface area (Å²) < 4.78 is 31.2. The number of rotatable bonds is 5. The fraction of sp³-hybridized carbons (Fsp3) is 0.417. The number of carbonyl (C=O) groups excluding carboxylic acids is 1. The van der Waals surface area contributed by atoms with Gasteiger partial charge in [0.25, 0.3) is 0 Å². The molecule has 0 heterocycles. The molecule has 0 saturated carbocycles. The Morgan fingerprint density at radius 2 is 2.00 bits per heavy atom. The van der Waals surface area contributed by atoms with E-state index in [9.17, 15) is 13.2 Å². The lowest BCUT2D eigenvalue weighted by Crippen LogP contribution is -2.31. The Bertz CT molecular complexity index is 582. The Kier molecular flexibility index (Phi) is 4.90. The van der Waals surface area contributed by atoms with Crippen LogP contribution in [0.25, 0.3) is 0 Å². The first-order valence-electron chi connectivity index (χ1n) is 5.80. The van der Waals surface area contributed by atoms with E-state index in [0.717, 1.165) is 0 Å². The smallest absolute Gasteiger partial charge is 0.321 e. The number of hydrogen-bond donors (Lipinski definition) is 2. The average molecular weight is 286 g/mol. The van der Waals surface area contributed by atoms with Crippen molar-refractivity contribution in [1.29, 1.82) is 0 Å². The fourth-order valence-electron chi connectivity index (χ4n) is 1.69. The molecule has 7 heteroatoms. The molecule has 0 aliphatic carbocycles. The predicted molar refractivity (Wildman–Crippen MR) is 72.1 cm³/mol. The molecule has 1 aromatic carbocycles. The zero-order valence-electron chi connectivity index (χ0n) is 11.2. The van der Waals surface area contributed by atoms with Crippen LogP contribution in [0.5, 0.6) is 0 Å². The second-order valence-corrected chi connectivity index (χ2v) is 5.76. The number of esters is 1. The minimum Gasteiger partial charge on any atom is -0.465 e. The van der Waals surface area contributed by atoms with E-state index in [1.165, 1.54) is 0 Å². The Balaban J connectivity index is 3.02. The molecule has 0 fully saturated rings. The monoisotopic (exact) mass is 286 g/mol. The first-order chi connectivity index (χ1) is 8.79. The number of ether oxygens (including phenoxy) is 1. The third-order valence-electron chi connectivity index (χ3n) is 2.63. The highest BCUT2D eigenvalue weighted by molar-refractivity contribution is 7.89. The number of nitrogen functional groups attached to an aromatic ring is 1. The summed E-state index contributed by atoms with van der Waals surface area (Å²) in [6.45, 7) is 4.76. The molecule has 3 N–H and O–H groups in total. The van der Waals surface area contributed by atoms with Crippen LogP contribution in [-0.2, 0) is 19.6 Å². The summed E-state index contributed by atoms with van der Waals surface area (Å²) in [5, 5.41) is 0. The number of benzene rings is 1. The summed E-state index contributed by atoms with van der Waals surface area (Å²) in [5.41, 5.74) is 7.14. The topological polar surface area (TPSA) is 98.5 Å². The van der Waals surface area contributed by atoms with Gasteiger partial charge in [0.2, 0.25) is 10.0 Å². The lowest BCUT2D eigenvalue weighted by atomic mass is 10.1. The van der Waals surface area contributed by atoms with Crippen molar-refractivity contribution in [3.63, 3.8) is 0 Å². The zero-order chi connectivity index (χ0) is 14.6. The van der Waals surface area contributed by atoms with Crippen molar-refractivity contribution >= 4 is 21.7 Å². The van der Waals surface area contributed by atoms with Gasteiger partial charge >= 0.3 is 5.97 Å². The quantitative estimate of drug-likeness (QED) is 0.614. The molecule has 106 valence electrons. The molecule has 0 amide bonds. The SMILES string of the molecule is CCOC(=O)CNS(=O)(=O)c1c(C)ccc(N)c1C. The van der Waals surface area contributed by atoms with Gasteiger partial charge in [-0.3, -0.25) is 4.79 Å². The van der Waals surface area contributed by atoms with E-state index in [0.29, 0.717) is 16.8 Å². The normalized spacial score (nSPS) is 11.3. The van der Waals surface area contributed by atoms with Gasteiger partial charge in [0.05, 0.1) is 11.5 Å². The van der Waals surface area contributed by atoms with E-state index in [2.05, 4.69) is 9.46 Å². The third-order valence-corrected chi connectivity index (χ3v) is 4.32. The van der Waals surface area contributed by atoms with Crippen molar-refractivity contribution in [1.82, 2.24) is 4.72 Å². The highest BCUT2D eigenvalue weighted by Crippen LogP contribution is 2.24. The summed E-state index contributed by atoms with van der Waals surface area (Å²) >= 11 is 0. The minimum atomic E-state index is -3.79. The number of sulfonamides is 1. The molecular weight excluding hydrogens is 268 g/mol. The van der Waals surface area contributed by atoms with Crippen LogP contribution in [0, 0.1) is 13.8 Å². The van der Waals surface area contributed by atoms with Gasteiger partial charge in [0, 0.05) is 5.69 Å². The maximum atomic E-state index is 12.2. The van der Waals surface area contributed by atoms with E-state index >= 15 is 0 Å². The van der Waals surface area contributed by atoms with E-state index in [4.69, 9.17) is 5.73 Å². The standard InChI is InChI=1S/C12H18N2O4S/c1-4-18-11(15)7-14-19(16,17)12-8(2)5-6-10(13)9(12)3/h5-6,14H,4,7,13H2,1-3H3. The van der Waals surface area contributed by atoms with Gasteiger partial charge in [-0.05, 0) is 38.0 Å². The second-order valence-electron chi connectivity index (χ2n) is 4.06. The van der Waals surface area contributed by atoms with Gasteiger partial charge in [0.15, 0.2) is 0 Å². The largest absolute Gasteiger partial charge is 0.465 e. The maximum Gasteiger partial charge on any atom is 0.321 e. The van der Waals surface area contributed by atoms with Crippen molar-refractivity contribution in [2.24, 2.45) is 0 Å². The lowest BCUT2D eigenvalue weighted by molar-refractivity contribution is -0.141. The summed E-state index contributed by atoms with van der Waals surface area (Å²) in [6.07, 6.45) is 0.